The van der Waals surface area contributed by atoms with Crippen molar-refractivity contribution in [2.75, 3.05) is 6.54 Å². The van der Waals surface area contributed by atoms with E-state index in [0.29, 0.717) is 5.92 Å². The number of aliphatic hydroxyl groups excluding tert-OH is 1. The molecule has 1 heterocycles. The molecule has 4 nitrogen and oxygen atoms in total. The first kappa shape index (κ1) is 15.2. The smallest absolute Gasteiger partial charge is 0.0543 e. The van der Waals surface area contributed by atoms with Crippen LogP contribution in [0.1, 0.15) is 46.6 Å². The zero-order chi connectivity index (χ0) is 13.8. The van der Waals surface area contributed by atoms with Crippen molar-refractivity contribution in [1.29, 1.82) is 0 Å². The van der Waals surface area contributed by atoms with Crippen molar-refractivity contribution < 1.29 is 5.11 Å². The molecule has 0 aromatic carbocycles. The third kappa shape index (κ3) is 5.19. The zero-order valence-electron chi connectivity index (χ0n) is 12.3. The lowest BCUT2D eigenvalue weighted by molar-refractivity contribution is 0.163. The maximum atomic E-state index is 9.29. The third-order valence-corrected chi connectivity index (χ3v) is 2.89. The van der Waals surface area contributed by atoms with Crippen LogP contribution in [0.25, 0.3) is 0 Å². The van der Waals surface area contributed by atoms with Gasteiger partial charge in [-0.1, -0.05) is 6.92 Å². The Kier molecular flexibility index (Phi) is 5.35. The van der Waals surface area contributed by atoms with Crippen LogP contribution in [0.5, 0.6) is 0 Å². The van der Waals surface area contributed by atoms with Crippen LogP contribution >= 0.6 is 0 Å². The van der Waals surface area contributed by atoms with E-state index in [1.54, 1.807) is 0 Å². The topological polar surface area (TPSA) is 50.1 Å². The normalized spacial score (nSPS) is 15.7. The van der Waals surface area contributed by atoms with E-state index in [-0.39, 0.29) is 11.6 Å². The molecule has 1 rings (SSSR count). The molecule has 4 heteroatoms. The number of nitrogens with one attached hydrogen (secondary N) is 1. The predicted molar refractivity (Wildman–Crippen MR) is 74.4 cm³/mol. The molecular formula is C14H27N3O. The van der Waals surface area contributed by atoms with Gasteiger partial charge in [0.05, 0.1) is 17.8 Å². The lowest BCUT2D eigenvalue weighted by Crippen LogP contribution is -2.23. The summed E-state index contributed by atoms with van der Waals surface area (Å²) < 4.78 is 1.99. The second kappa shape index (κ2) is 6.34. The molecule has 0 radical (unpaired) electrons. The van der Waals surface area contributed by atoms with Gasteiger partial charge in [-0.25, -0.2) is 0 Å². The molecule has 2 unspecified atom stereocenters. The van der Waals surface area contributed by atoms with Crippen molar-refractivity contribution in [3.05, 3.63) is 18.0 Å². The summed E-state index contributed by atoms with van der Waals surface area (Å²) in [5.41, 5.74) is 1.24. The van der Waals surface area contributed by atoms with Crippen molar-refractivity contribution in [2.24, 2.45) is 5.92 Å². The molecule has 0 saturated carbocycles. The van der Waals surface area contributed by atoms with Gasteiger partial charge in [0.2, 0.25) is 0 Å². The molecule has 0 aliphatic heterocycles. The van der Waals surface area contributed by atoms with Gasteiger partial charge in [-0.2, -0.15) is 5.10 Å². The van der Waals surface area contributed by atoms with Gasteiger partial charge in [-0.05, 0) is 46.6 Å². The molecule has 0 aliphatic rings. The van der Waals surface area contributed by atoms with Crippen LogP contribution in [-0.2, 0) is 12.1 Å². The fraction of sp³-hybridized carbons (Fsp3) is 0.786. The maximum absolute atomic E-state index is 9.29. The quantitative estimate of drug-likeness (QED) is 0.816. The van der Waals surface area contributed by atoms with Crippen molar-refractivity contribution in [3.8, 4) is 0 Å². The second-order valence-electron chi connectivity index (χ2n) is 6.28. The summed E-state index contributed by atoms with van der Waals surface area (Å²) in [4.78, 5) is 0. The summed E-state index contributed by atoms with van der Waals surface area (Å²) in [5.74, 6) is 0.489. The van der Waals surface area contributed by atoms with Gasteiger partial charge in [0.1, 0.15) is 0 Å². The second-order valence-corrected chi connectivity index (χ2v) is 6.28. The average Bonchev–Trinajstić information content (AvgIpc) is 2.64. The fourth-order valence-electron chi connectivity index (χ4n) is 1.95. The fourth-order valence-corrected chi connectivity index (χ4v) is 1.95. The summed E-state index contributed by atoms with van der Waals surface area (Å²) >= 11 is 0. The molecule has 0 spiro atoms. The number of hydrogen-bond acceptors (Lipinski definition) is 3. The minimum Gasteiger partial charge on any atom is -0.393 e. The Morgan fingerprint density at radius 2 is 2.06 bits per heavy atom. The molecule has 0 fully saturated rings. The van der Waals surface area contributed by atoms with Gasteiger partial charge in [0, 0.05) is 18.3 Å². The molecule has 18 heavy (non-hydrogen) atoms. The monoisotopic (exact) mass is 253 g/mol. The van der Waals surface area contributed by atoms with E-state index < -0.39 is 0 Å². The predicted octanol–water partition coefficient (Wildman–Crippen LogP) is 2.13. The van der Waals surface area contributed by atoms with Crippen LogP contribution in [0, 0.1) is 5.92 Å². The summed E-state index contributed by atoms with van der Waals surface area (Å²) in [6.45, 7) is 12.2. The largest absolute Gasteiger partial charge is 0.393 e. The van der Waals surface area contributed by atoms with E-state index in [1.165, 1.54) is 5.56 Å². The summed E-state index contributed by atoms with van der Waals surface area (Å²) in [6.07, 6.45) is 4.63. The van der Waals surface area contributed by atoms with Crippen LogP contribution in [0.4, 0.5) is 0 Å². The Morgan fingerprint density at radius 1 is 1.39 bits per heavy atom. The maximum Gasteiger partial charge on any atom is 0.0543 e. The highest BCUT2D eigenvalue weighted by Gasteiger charge is 2.13. The van der Waals surface area contributed by atoms with Gasteiger partial charge in [-0.15, -0.1) is 0 Å². The molecule has 0 amide bonds. The number of aromatic nitrogens is 2. The molecule has 1 aromatic rings. The third-order valence-electron chi connectivity index (χ3n) is 2.89. The van der Waals surface area contributed by atoms with Gasteiger partial charge in [0.15, 0.2) is 0 Å². The lowest BCUT2D eigenvalue weighted by Gasteiger charge is -2.18. The Bertz CT molecular complexity index is 352. The van der Waals surface area contributed by atoms with Crippen molar-refractivity contribution in [1.82, 2.24) is 15.1 Å². The van der Waals surface area contributed by atoms with E-state index in [1.807, 2.05) is 17.8 Å². The first-order chi connectivity index (χ1) is 8.29. The van der Waals surface area contributed by atoms with Gasteiger partial charge < -0.3 is 10.4 Å². The van der Waals surface area contributed by atoms with Gasteiger partial charge in [-0.3, -0.25) is 4.68 Å². The minimum absolute atomic E-state index is 0.0395. The molecule has 2 atom stereocenters. The number of nitrogens with zero attached hydrogens (tertiary/aromatic N) is 2. The van der Waals surface area contributed by atoms with Crippen molar-refractivity contribution in [3.63, 3.8) is 0 Å². The van der Waals surface area contributed by atoms with E-state index in [0.717, 1.165) is 19.5 Å². The Labute approximate surface area is 110 Å². The average molecular weight is 253 g/mol. The molecule has 0 aliphatic carbocycles. The first-order valence-corrected chi connectivity index (χ1v) is 6.72. The van der Waals surface area contributed by atoms with Crippen LogP contribution in [-0.4, -0.2) is 27.5 Å². The van der Waals surface area contributed by atoms with Gasteiger partial charge in [0.25, 0.3) is 0 Å². The molecule has 0 bridgehead atoms. The first-order valence-electron chi connectivity index (χ1n) is 6.72. The van der Waals surface area contributed by atoms with E-state index in [2.05, 4.69) is 44.3 Å². The standard InChI is InChI=1S/C14H27N3O/c1-11(6-12(2)18)7-15-8-13-9-16-17(10-13)14(3,4)5/h9-12,15,18H,6-8H2,1-5H3. The lowest BCUT2D eigenvalue weighted by atomic mass is 10.0. The number of rotatable bonds is 6. The number of aliphatic hydroxyl groups is 1. The van der Waals surface area contributed by atoms with Gasteiger partial charge >= 0.3 is 0 Å². The molecule has 2 N–H and O–H groups in total. The Morgan fingerprint density at radius 3 is 2.56 bits per heavy atom. The van der Waals surface area contributed by atoms with Crippen LogP contribution < -0.4 is 5.32 Å². The molecule has 0 saturated heterocycles. The number of hydrogen-bond donors (Lipinski definition) is 2. The zero-order valence-corrected chi connectivity index (χ0v) is 12.3. The summed E-state index contributed by atoms with van der Waals surface area (Å²) in [6, 6.07) is 0. The van der Waals surface area contributed by atoms with E-state index in [4.69, 9.17) is 0 Å². The summed E-state index contributed by atoms with van der Waals surface area (Å²) in [7, 11) is 0. The minimum atomic E-state index is -0.217. The molecule has 1 aromatic heterocycles. The van der Waals surface area contributed by atoms with Crippen molar-refractivity contribution in [2.45, 2.75) is 59.2 Å². The van der Waals surface area contributed by atoms with Crippen LogP contribution in [0.15, 0.2) is 12.4 Å². The van der Waals surface area contributed by atoms with E-state index >= 15 is 0 Å². The summed E-state index contributed by atoms with van der Waals surface area (Å²) in [5, 5.41) is 17.1. The SMILES string of the molecule is CC(O)CC(C)CNCc1cnn(C(C)(C)C)c1. The van der Waals surface area contributed by atoms with Crippen LogP contribution in [0.2, 0.25) is 0 Å². The van der Waals surface area contributed by atoms with Crippen LogP contribution in [0.3, 0.4) is 0 Å². The highest BCUT2D eigenvalue weighted by atomic mass is 16.3. The van der Waals surface area contributed by atoms with E-state index in [9.17, 15) is 5.11 Å². The highest BCUT2D eigenvalue weighted by Crippen LogP contribution is 2.13. The molecule has 104 valence electrons. The highest BCUT2D eigenvalue weighted by molar-refractivity contribution is 5.04. The molecular weight excluding hydrogens is 226 g/mol. The Hall–Kier alpha value is -0.870. The Balaban J connectivity index is 2.34. The van der Waals surface area contributed by atoms with Crippen molar-refractivity contribution >= 4 is 0 Å².